The Labute approximate surface area is 218 Å². The molecule has 0 saturated heterocycles. The molecule has 2 aromatic carbocycles. The standard InChI is InChI=1S/C19H19N.C6H12O3S.C5H10O/c1-16(2)13-14-19(15-20,17-9-5-3-6-10-17)18-11-7-4-8-12-18;1-6(2)4-5-9-10(3,7)8;1-5(2)3-4-6/h3-12H,1,13-14H2,2H3;1,4-5H2,2-3H3;6H,1,3-4H2,2H3. The van der Waals surface area contributed by atoms with Crippen LogP contribution in [0.2, 0.25) is 0 Å². The number of benzene rings is 2. The molecule has 1 N–H and O–H groups in total. The molecule has 0 aliphatic heterocycles. The van der Waals surface area contributed by atoms with Crippen molar-refractivity contribution in [1.29, 1.82) is 5.26 Å². The maximum Gasteiger partial charge on any atom is 0.264 e. The number of hydrogen-bond donors (Lipinski definition) is 1. The highest BCUT2D eigenvalue weighted by molar-refractivity contribution is 7.85. The van der Waals surface area contributed by atoms with E-state index in [1.54, 1.807) is 0 Å². The van der Waals surface area contributed by atoms with Gasteiger partial charge >= 0.3 is 0 Å². The Morgan fingerprint density at radius 1 is 0.861 bits per heavy atom. The second-order valence-corrected chi connectivity index (χ2v) is 10.5. The Hall–Kier alpha value is -2.98. The molecule has 0 fully saturated rings. The van der Waals surface area contributed by atoms with Crippen LogP contribution >= 0.6 is 0 Å². The zero-order chi connectivity index (χ0) is 27.6. The lowest BCUT2D eigenvalue weighted by Gasteiger charge is -2.28. The first-order valence-electron chi connectivity index (χ1n) is 11.8. The van der Waals surface area contributed by atoms with Gasteiger partial charge in [-0.2, -0.15) is 13.7 Å². The van der Waals surface area contributed by atoms with E-state index in [2.05, 4.69) is 30.0 Å². The summed E-state index contributed by atoms with van der Waals surface area (Å²) < 4.78 is 25.2. The van der Waals surface area contributed by atoms with Crippen LogP contribution in [0.1, 0.15) is 57.6 Å². The first-order chi connectivity index (χ1) is 16.9. The first-order valence-corrected chi connectivity index (χ1v) is 13.6. The lowest BCUT2D eigenvalue weighted by Crippen LogP contribution is -2.25. The Bertz CT molecular complexity index is 1050. The van der Waals surface area contributed by atoms with Gasteiger partial charge in [0.15, 0.2) is 0 Å². The van der Waals surface area contributed by atoms with E-state index in [9.17, 15) is 13.7 Å². The monoisotopic (exact) mass is 511 g/mol. The lowest BCUT2D eigenvalue weighted by molar-refractivity contribution is 0.299. The van der Waals surface area contributed by atoms with E-state index in [1.165, 1.54) is 0 Å². The fourth-order valence-corrected chi connectivity index (χ4v) is 3.43. The van der Waals surface area contributed by atoms with Crippen LogP contribution in [-0.4, -0.2) is 33.0 Å². The van der Waals surface area contributed by atoms with Crippen LogP contribution in [0.15, 0.2) is 97.1 Å². The normalized spacial score (nSPS) is 10.6. The molecule has 2 rings (SSSR count). The van der Waals surface area contributed by atoms with Crippen molar-refractivity contribution < 1.29 is 17.7 Å². The van der Waals surface area contributed by atoms with Gasteiger partial charge < -0.3 is 5.11 Å². The summed E-state index contributed by atoms with van der Waals surface area (Å²) in [5.74, 6) is 0. The topological polar surface area (TPSA) is 87.4 Å². The summed E-state index contributed by atoms with van der Waals surface area (Å²) in [4.78, 5) is 0. The predicted molar refractivity (Wildman–Crippen MR) is 150 cm³/mol. The number of aliphatic hydroxyl groups is 1. The van der Waals surface area contributed by atoms with Crippen molar-refractivity contribution in [3.63, 3.8) is 0 Å². The molecule has 2 aromatic rings. The number of nitriles is 1. The summed E-state index contributed by atoms with van der Waals surface area (Å²) >= 11 is 0. The van der Waals surface area contributed by atoms with Gasteiger partial charge in [-0.05, 0) is 57.6 Å². The van der Waals surface area contributed by atoms with Gasteiger partial charge in [0.25, 0.3) is 10.1 Å². The van der Waals surface area contributed by atoms with Crippen LogP contribution in [0, 0.1) is 11.3 Å². The van der Waals surface area contributed by atoms with Crippen molar-refractivity contribution in [2.75, 3.05) is 19.5 Å². The van der Waals surface area contributed by atoms with E-state index in [0.29, 0.717) is 6.42 Å². The van der Waals surface area contributed by atoms with Crippen molar-refractivity contribution in [2.24, 2.45) is 0 Å². The molecule has 0 unspecified atom stereocenters. The maximum absolute atomic E-state index is 10.4. The van der Waals surface area contributed by atoms with E-state index in [-0.39, 0.29) is 13.2 Å². The minimum Gasteiger partial charge on any atom is -0.396 e. The Morgan fingerprint density at radius 2 is 1.28 bits per heavy atom. The summed E-state index contributed by atoms with van der Waals surface area (Å²) in [6.45, 7) is 17.3. The number of hydrogen-bond acceptors (Lipinski definition) is 5. The number of allylic oxidation sites excluding steroid dienone is 1. The molecular formula is C30H41NO4S. The van der Waals surface area contributed by atoms with E-state index in [1.807, 2.05) is 81.4 Å². The van der Waals surface area contributed by atoms with Gasteiger partial charge in [-0.3, -0.25) is 4.18 Å². The summed E-state index contributed by atoms with van der Waals surface area (Å²) in [6.07, 6.45) is 3.96. The van der Waals surface area contributed by atoms with Crippen molar-refractivity contribution in [1.82, 2.24) is 0 Å². The third-order valence-electron chi connectivity index (χ3n) is 5.02. The molecule has 0 bridgehead atoms. The number of aliphatic hydroxyl groups excluding tert-OH is 1. The molecular weight excluding hydrogens is 470 g/mol. The Kier molecular flexibility index (Phi) is 16.0. The largest absolute Gasteiger partial charge is 0.396 e. The van der Waals surface area contributed by atoms with Gasteiger partial charge in [-0.25, -0.2) is 0 Å². The molecule has 0 atom stereocenters. The molecule has 0 aromatic heterocycles. The second-order valence-electron chi connectivity index (χ2n) is 8.87. The minimum atomic E-state index is -3.26. The first kappa shape index (κ1) is 33.0. The SMILES string of the molecule is C=C(C)CCC(C#N)(c1ccccc1)c1ccccc1.C=C(C)CCO.C=C(C)CCOS(C)(=O)=O. The highest BCUT2D eigenvalue weighted by atomic mass is 32.2. The van der Waals surface area contributed by atoms with Crippen LogP contribution in [-0.2, 0) is 19.7 Å². The maximum atomic E-state index is 10.4. The molecule has 0 heterocycles. The summed E-state index contributed by atoms with van der Waals surface area (Å²) in [5.41, 5.74) is 4.57. The molecule has 5 nitrogen and oxygen atoms in total. The van der Waals surface area contributed by atoms with Crippen LogP contribution < -0.4 is 0 Å². The summed E-state index contributed by atoms with van der Waals surface area (Å²) in [7, 11) is -3.26. The van der Waals surface area contributed by atoms with E-state index in [4.69, 9.17) is 5.11 Å². The second kappa shape index (κ2) is 17.4. The zero-order valence-corrected chi connectivity index (χ0v) is 23.0. The highest BCUT2D eigenvalue weighted by Gasteiger charge is 2.33. The fourth-order valence-electron chi connectivity index (χ4n) is 3.04. The minimum absolute atomic E-state index is 0.203. The molecule has 0 radical (unpaired) electrons. The van der Waals surface area contributed by atoms with Crippen LogP contribution in [0.25, 0.3) is 0 Å². The van der Waals surface area contributed by atoms with E-state index < -0.39 is 15.5 Å². The molecule has 0 spiro atoms. The van der Waals surface area contributed by atoms with Crippen molar-refractivity contribution in [3.05, 3.63) is 108 Å². The van der Waals surface area contributed by atoms with Gasteiger partial charge in [-0.15, -0.1) is 19.7 Å². The predicted octanol–water partition coefficient (Wildman–Crippen LogP) is 6.73. The lowest BCUT2D eigenvalue weighted by atomic mass is 9.72. The Morgan fingerprint density at radius 3 is 1.56 bits per heavy atom. The average molecular weight is 512 g/mol. The number of rotatable bonds is 11. The molecule has 196 valence electrons. The van der Waals surface area contributed by atoms with Gasteiger partial charge in [0.1, 0.15) is 5.41 Å². The molecule has 0 amide bonds. The zero-order valence-electron chi connectivity index (χ0n) is 22.2. The average Bonchev–Trinajstić information content (AvgIpc) is 2.81. The van der Waals surface area contributed by atoms with Gasteiger partial charge in [0.2, 0.25) is 0 Å². The third-order valence-corrected chi connectivity index (χ3v) is 5.61. The van der Waals surface area contributed by atoms with Crippen molar-refractivity contribution in [2.45, 2.75) is 51.9 Å². The molecule has 0 saturated carbocycles. The quantitative estimate of drug-likeness (QED) is 0.267. The van der Waals surface area contributed by atoms with Crippen LogP contribution in [0.5, 0.6) is 0 Å². The summed E-state index contributed by atoms with van der Waals surface area (Å²) in [5, 5.41) is 18.1. The van der Waals surface area contributed by atoms with Gasteiger partial charge in [0, 0.05) is 6.61 Å². The molecule has 0 aliphatic carbocycles. The smallest absolute Gasteiger partial charge is 0.264 e. The Balaban J connectivity index is 0.000000639. The van der Waals surface area contributed by atoms with Crippen molar-refractivity contribution in [3.8, 4) is 6.07 Å². The van der Waals surface area contributed by atoms with E-state index in [0.717, 1.165) is 53.4 Å². The summed E-state index contributed by atoms with van der Waals surface area (Å²) in [6, 6.07) is 22.6. The van der Waals surface area contributed by atoms with Gasteiger partial charge in [-0.1, -0.05) is 77.4 Å². The van der Waals surface area contributed by atoms with Gasteiger partial charge in [0.05, 0.1) is 18.9 Å². The number of nitrogens with zero attached hydrogens (tertiary/aromatic N) is 1. The molecule has 6 heteroatoms. The molecule has 36 heavy (non-hydrogen) atoms. The molecule has 0 aliphatic rings. The third kappa shape index (κ3) is 14.4. The van der Waals surface area contributed by atoms with Crippen LogP contribution in [0.4, 0.5) is 0 Å². The van der Waals surface area contributed by atoms with Crippen molar-refractivity contribution >= 4 is 10.1 Å². The fraction of sp³-hybridized carbons (Fsp3) is 0.367. The highest BCUT2D eigenvalue weighted by Crippen LogP contribution is 2.37. The van der Waals surface area contributed by atoms with E-state index >= 15 is 0 Å². The van der Waals surface area contributed by atoms with Crippen LogP contribution in [0.3, 0.4) is 0 Å².